The van der Waals surface area contributed by atoms with Gasteiger partial charge < -0.3 is 15.5 Å². The molecule has 0 radical (unpaired) electrons. The van der Waals surface area contributed by atoms with Gasteiger partial charge in [-0.25, -0.2) is 9.37 Å². The number of hydrogen-bond donors (Lipinski definition) is 2. The van der Waals surface area contributed by atoms with Crippen LogP contribution >= 0.6 is 12.2 Å². The first-order valence-electron chi connectivity index (χ1n) is 11.5. The van der Waals surface area contributed by atoms with E-state index in [1.807, 2.05) is 25.1 Å². The maximum absolute atomic E-state index is 13.5. The second kappa shape index (κ2) is 9.90. The van der Waals surface area contributed by atoms with Gasteiger partial charge >= 0.3 is 0 Å². The normalized spacial score (nSPS) is 18.5. The van der Waals surface area contributed by atoms with Crippen molar-refractivity contribution < 1.29 is 4.39 Å². The quantitative estimate of drug-likeness (QED) is 0.630. The first-order chi connectivity index (χ1) is 15.0. The van der Waals surface area contributed by atoms with Gasteiger partial charge in [0.25, 0.3) is 0 Å². The Balaban J connectivity index is 1.43. The molecule has 7 heteroatoms. The van der Waals surface area contributed by atoms with Crippen molar-refractivity contribution >= 4 is 29.1 Å². The Labute approximate surface area is 189 Å². The fourth-order valence-corrected chi connectivity index (χ4v) is 5.05. The summed E-state index contributed by atoms with van der Waals surface area (Å²) in [5, 5.41) is 7.13. The molecule has 0 bridgehead atoms. The van der Waals surface area contributed by atoms with Crippen molar-refractivity contribution in [1.29, 1.82) is 0 Å². The van der Waals surface area contributed by atoms with E-state index in [4.69, 9.17) is 17.2 Å². The Hall–Kier alpha value is -2.28. The van der Waals surface area contributed by atoms with E-state index in [1.165, 1.54) is 44.1 Å². The van der Waals surface area contributed by atoms with Gasteiger partial charge in [0.1, 0.15) is 11.6 Å². The smallest absolute Gasteiger partial charge is 0.231 e. The molecule has 2 aromatic rings. The molecule has 2 fully saturated rings. The molecule has 4 rings (SSSR count). The van der Waals surface area contributed by atoms with Gasteiger partial charge in [0.2, 0.25) is 5.95 Å². The zero-order valence-electron chi connectivity index (χ0n) is 18.3. The van der Waals surface area contributed by atoms with E-state index in [2.05, 4.69) is 20.5 Å². The van der Waals surface area contributed by atoms with Crippen LogP contribution in [0.15, 0.2) is 30.3 Å². The van der Waals surface area contributed by atoms with Crippen molar-refractivity contribution in [1.82, 2.24) is 15.3 Å². The number of aryl methyl sites for hydroxylation is 1. The Bertz CT molecular complexity index is 889. The number of nitrogens with zero attached hydrogens (tertiary/aromatic N) is 3. The summed E-state index contributed by atoms with van der Waals surface area (Å²) in [6.07, 6.45) is 9.47. The van der Waals surface area contributed by atoms with Crippen molar-refractivity contribution in [2.75, 3.05) is 29.9 Å². The molecule has 5 nitrogen and oxygen atoms in total. The minimum Gasteiger partial charge on any atom is -0.361 e. The predicted octanol–water partition coefficient (Wildman–Crippen LogP) is 5.10. The average Bonchev–Trinajstić information content (AvgIpc) is 2.79. The lowest BCUT2D eigenvalue weighted by atomic mass is 9.69. The summed E-state index contributed by atoms with van der Waals surface area (Å²) in [7, 11) is 0. The number of benzene rings is 1. The number of aromatic nitrogens is 2. The Morgan fingerprint density at radius 2 is 1.71 bits per heavy atom. The van der Waals surface area contributed by atoms with Crippen molar-refractivity contribution in [3.63, 3.8) is 0 Å². The molecule has 0 atom stereocenters. The first-order valence-corrected chi connectivity index (χ1v) is 11.9. The fraction of sp³-hybridized carbons (Fsp3) is 0.542. The number of anilines is 2. The van der Waals surface area contributed by atoms with Crippen molar-refractivity contribution in [2.24, 2.45) is 0 Å². The van der Waals surface area contributed by atoms with Gasteiger partial charge in [-0.1, -0.05) is 31.4 Å². The number of rotatable bonds is 5. The minimum absolute atomic E-state index is 0.0237. The third-order valence-electron chi connectivity index (χ3n) is 6.60. The van der Waals surface area contributed by atoms with Crippen LogP contribution in [0, 0.1) is 12.7 Å². The molecule has 2 aliphatic rings. The van der Waals surface area contributed by atoms with Gasteiger partial charge in [0.05, 0.1) is 0 Å². The molecule has 2 heterocycles. The molecule has 1 saturated heterocycles. The lowest BCUT2D eigenvalue weighted by Gasteiger charge is -2.38. The highest BCUT2D eigenvalue weighted by atomic mass is 32.1. The number of hydrogen-bond acceptors (Lipinski definition) is 4. The van der Waals surface area contributed by atoms with Gasteiger partial charge in [-0.3, -0.25) is 0 Å². The SMILES string of the molecule is Cc1cc(N2CCCCC2)nc(NC(=S)NCC2(c3ccc(F)cc3)CCCCC2)n1. The summed E-state index contributed by atoms with van der Waals surface area (Å²) < 4.78 is 13.5. The third kappa shape index (κ3) is 5.50. The van der Waals surface area contributed by atoms with Crippen molar-refractivity contribution in [3.05, 3.63) is 47.4 Å². The van der Waals surface area contributed by atoms with Gasteiger partial charge in [-0.2, -0.15) is 4.98 Å². The summed E-state index contributed by atoms with van der Waals surface area (Å²) in [4.78, 5) is 11.6. The lowest BCUT2D eigenvalue weighted by molar-refractivity contribution is 0.292. The zero-order chi connectivity index (χ0) is 21.7. The first kappa shape index (κ1) is 21.9. The molecule has 31 heavy (non-hydrogen) atoms. The molecule has 1 aliphatic carbocycles. The van der Waals surface area contributed by atoms with E-state index >= 15 is 0 Å². The molecule has 1 saturated carbocycles. The van der Waals surface area contributed by atoms with Crippen molar-refractivity contribution in [3.8, 4) is 0 Å². The van der Waals surface area contributed by atoms with Gasteiger partial charge in [-0.15, -0.1) is 0 Å². The monoisotopic (exact) mass is 441 g/mol. The molecular formula is C24H32FN5S. The maximum Gasteiger partial charge on any atom is 0.231 e. The second-order valence-electron chi connectivity index (χ2n) is 8.89. The van der Waals surface area contributed by atoms with Crippen LogP contribution in [-0.4, -0.2) is 34.7 Å². The molecule has 0 amide bonds. The van der Waals surface area contributed by atoms with Crippen LogP contribution in [0.3, 0.4) is 0 Å². The van der Waals surface area contributed by atoms with Gasteiger partial charge in [0.15, 0.2) is 5.11 Å². The zero-order valence-corrected chi connectivity index (χ0v) is 19.1. The van der Waals surface area contributed by atoms with Crippen LogP contribution < -0.4 is 15.5 Å². The largest absolute Gasteiger partial charge is 0.361 e. The van der Waals surface area contributed by atoms with Crippen LogP contribution in [0.2, 0.25) is 0 Å². The second-order valence-corrected chi connectivity index (χ2v) is 9.30. The number of thiocarbonyl (C=S) groups is 1. The van der Waals surface area contributed by atoms with Crippen LogP contribution in [0.5, 0.6) is 0 Å². The highest BCUT2D eigenvalue weighted by Crippen LogP contribution is 2.39. The highest BCUT2D eigenvalue weighted by molar-refractivity contribution is 7.80. The standard InChI is InChI=1S/C24H32FN5S/c1-18-16-21(30-14-6-3-7-15-30)28-22(27-18)29-23(31)26-17-24(12-4-2-5-13-24)19-8-10-20(25)11-9-19/h8-11,16H,2-7,12-15,17H2,1H3,(H2,26,27,28,29,31). The minimum atomic E-state index is -0.194. The van der Waals surface area contributed by atoms with E-state index in [0.717, 1.165) is 44.0 Å². The molecule has 2 N–H and O–H groups in total. The molecule has 1 aliphatic heterocycles. The summed E-state index contributed by atoms with van der Waals surface area (Å²) in [6, 6.07) is 9.01. The van der Waals surface area contributed by atoms with E-state index < -0.39 is 0 Å². The van der Waals surface area contributed by atoms with Crippen LogP contribution in [-0.2, 0) is 5.41 Å². The molecular weight excluding hydrogens is 409 g/mol. The van der Waals surface area contributed by atoms with E-state index in [0.29, 0.717) is 11.1 Å². The number of halogens is 1. The maximum atomic E-state index is 13.5. The van der Waals surface area contributed by atoms with Gasteiger partial charge in [-0.05, 0) is 68.9 Å². The molecule has 0 unspecified atom stereocenters. The molecule has 0 spiro atoms. The Kier molecular flexibility index (Phi) is 7.00. The topological polar surface area (TPSA) is 53.1 Å². The molecule has 1 aromatic heterocycles. The highest BCUT2D eigenvalue weighted by Gasteiger charge is 2.34. The predicted molar refractivity (Wildman–Crippen MR) is 128 cm³/mol. The van der Waals surface area contributed by atoms with E-state index in [9.17, 15) is 4.39 Å². The van der Waals surface area contributed by atoms with Crippen LogP contribution in [0.25, 0.3) is 0 Å². The number of nitrogens with one attached hydrogen (secondary N) is 2. The Morgan fingerprint density at radius 1 is 1.03 bits per heavy atom. The average molecular weight is 442 g/mol. The lowest BCUT2D eigenvalue weighted by Crippen LogP contribution is -2.43. The van der Waals surface area contributed by atoms with E-state index in [1.54, 1.807) is 12.1 Å². The van der Waals surface area contributed by atoms with Crippen LogP contribution in [0.4, 0.5) is 16.2 Å². The molecule has 166 valence electrons. The van der Waals surface area contributed by atoms with Crippen LogP contribution in [0.1, 0.15) is 62.6 Å². The summed E-state index contributed by atoms with van der Waals surface area (Å²) in [5.41, 5.74) is 2.09. The summed E-state index contributed by atoms with van der Waals surface area (Å²) >= 11 is 5.59. The van der Waals surface area contributed by atoms with E-state index in [-0.39, 0.29) is 11.2 Å². The fourth-order valence-electron chi connectivity index (χ4n) is 4.89. The van der Waals surface area contributed by atoms with Gasteiger partial charge in [0, 0.05) is 36.8 Å². The van der Waals surface area contributed by atoms with Crippen molar-refractivity contribution in [2.45, 2.75) is 63.7 Å². The molecule has 1 aromatic carbocycles. The summed E-state index contributed by atoms with van der Waals surface area (Å²) in [5.74, 6) is 1.31. The Morgan fingerprint density at radius 3 is 2.42 bits per heavy atom. The number of piperidine rings is 1. The third-order valence-corrected chi connectivity index (χ3v) is 6.85. The summed E-state index contributed by atoms with van der Waals surface area (Å²) in [6.45, 7) is 4.79.